The average Bonchev–Trinajstić information content (AvgIpc) is 2.98. The summed E-state index contributed by atoms with van der Waals surface area (Å²) in [5.41, 5.74) is 1.63. The molecule has 2 aliphatic heterocycles. The third kappa shape index (κ3) is 3.80. The van der Waals surface area contributed by atoms with Crippen molar-refractivity contribution in [1.82, 2.24) is 9.80 Å². The highest BCUT2D eigenvalue weighted by Crippen LogP contribution is 2.28. The second-order valence-corrected chi connectivity index (χ2v) is 7.51. The molecular weight excluding hydrogens is 334 g/mol. The van der Waals surface area contributed by atoms with Gasteiger partial charge in [-0.25, -0.2) is 8.78 Å². The average molecular weight is 358 g/mol. The zero-order valence-corrected chi connectivity index (χ0v) is 14.7. The first-order valence-corrected chi connectivity index (χ1v) is 9.22. The zero-order chi connectivity index (χ0) is 18.1. The fourth-order valence-electron chi connectivity index (χ4n) is 4.33. The largest absolute Gasteiger partial charge is 0.392 e. The number of hydrogen-bond acceptors (Lipinski definition) is 3. The van der Waals surface area contributed by atoms with E-state index in [2.05, 4.69) is 21.9 Å². The molecule has 0 aromatic heterocycles. The number of piperazine rings is 1. The molecule has 2 saturated heterocycles. The van der Waals surface area contributed by atoms with Crippen molar-refractivity contribution in [3.05, 3.63) is 71.3 Å². The first-order valence-electron chi connectivity index (χ1n) is 9.22. The SMILES string of the molecule is O[C@@H]1C[C@H]2CN(Cc3cc(F)ccc3F)[C@H](Cc3ccccc3)CN2C1. The van der Waals surface area contributed by atoms with E-state index in [0.717, 1.165) is 32.0 Å². The molecule has 0 bridgehead atoms. The van der Waals surface area contributed by atoms with Crippen molar-refractivity contribution in [2.75, 3.05) is 19.6 Å². The Balaban J connectivity index is 1.56. The second kappa shape index (κ2) is 7.43. The molecule has 4 rings (SSSR count). The van der Waals surface area contributed by atoms with Crippen LogP contribution in [-0.2, 0) is 13.0 Å². The third-order valence-electron chi connectivity index (χ3n) is 5.61. The molecule has 0 amide bonds. The first kappa shape index (κ1) is 17.6. The van der Waals surface area contributed by atoms with Crippen LogP contribution in [0.2, 0.25) is 0 Å². The number of hydrogen-bond donors (Lipinski definition) is 1. The maximum Gasteiger partial charge on any atom is 0.127 e. The number of aliphatic hydroxyl groups excluding tert-OH is 1. The van der Waals surface area contributed by atoms with Crippen LogP contribution in [0.15, 0.2) is 48.5 Å². The Morgan fingerprint density at radius 2 is 1.81 bits per heavy atom. The van der Waals surface area contributed by atoms with Gasteiger partial charge in [0.2, 0.25) is 0 Å². The number of rotatable bonds is 4. The normalized spacial score (nSPS) is 26.8. The molecule has 0 spiro atoms. The van der Waals surface area contributed by atoms with E-state index in [1.165, 1.54) is 17.7 Å². The lowest BCUT2D eigenvalue weighted by Crippen LogP contribution is -2.56. The van der Waals surface area contributed by atoms with Crippen LogP contribution in [0.5, 0.6) is 0 Å². The van der Waals surface area contributed by atoms with Crippen molar-refractivity contribution >= 4 is 0 Å². The standard InChI is InChI=1S/C21H24F2N2O/c22-17-6-7-21(23)16(9-17)11-24-13-19-10-20(26)14-25(19)12-18(24)8-15-4-2-1-3-5-15/h1-7,9,18-20,26H,8,10-14H2/t18-,19+,20-/m1/s1. The molecule has 3 atom stereocenters. The minimum atomic E-state index is -0.407. The van der Waals surface area contributed by atoms with Crippen molar-refractivity contribution in [1.29, 1.82) is 0 Å². The van der Waals surface area contributed by atoms with E-state index in [1.807, 2.05) is 18.2 Å². The lowest BCUT2D eigenvalue weighted by atomic mass is 9.99. The number of halogens is 2. The van der Waals surface area contributed by atoms with Crippen molar-refractivity contribution in [2.24, 2.45) is 0 Å². The van der Waals surface area contributed by atoms with Crippen molar-refractivity contribution < 1.29 is 13.9 Å². The van der Waals surface area contributed by atoms with E-state index < -0.39 is 5.82 Å². The van der Waals surface area contributed by atoms with Gasteiger partial charge in [0, 0.05) is 43.8 Å². The maximum atomic E-state index is 14.2. The molecule has 0 radical (unpaired) electrons. The molecule has 138 valence electrons. The molecule has 2 fully saturated rings. The van der Waals surface area contributed by atoms with Gasteiger partial charge in [-0.3, -0.25) is 9.80 Å². The van der Waals surface area contributed by atoms with E-state index >= 15 is 0 Å². The summed E-state index contributed by atoms with van der Waals surface area (Å²) >= 11 is 0. The van der Waals surface area contributed by atoms with Crippen LogP contribution in [0.3, 0.4) is 0 Å². The van der Waals surface area contributed by atoms with Gasteiger partial charge in [0.1, 0.15) is 11.6 Å². The summed E-state index contributed by atoms with van der Waals surface area (Å²) in [5.74, 6) is -0.769. The van der Waals surface area contributed by atoms with Gasteiger partial charge in [-0.1, -0.05) is 30.3 Å². The molecule has 2 aromatic carbocycles. The summed E-state index contributed by atoms with van der Waals surface area (Å²) in [7, 11) is 0. The highest BCUT2D eigenvalue weighted by Gasteiger charge is 2.39. The summed E-state index contributed by atoms with van der Waals surface area (Å²) in [6, 6.07) is 14.4. The molecule has 2 aliphatic rings. The summed E-state index contributed by atoms with van der Waals surface area (Å²) in [4.78, 5) is 4.60. The minimum absolute atomic E-state index is 0.210. The lowest BCUT2D eigenvalue weighted by molar-refractivity contribution is 0.0437. The smallest absolute Gasteiger partial charge is 0.127 e. The number of aliphatic hydroxyl groups is 1. The Hall–Kier alpha value is -1.82. The molecule has 5 heteroatoms. The van der Waals surface area contributed by atoms with Gasteiger partial charge in [0.25, 0.3) is 0 Å². The number of nitrogens with zero attached hydrogens (tertiary/aromatic N) is 2. The molecule has 2 heterocycles. The fourth-order valence-corrected chi connectivity index (χ4v) is 4.33. The van der Waals surface area contributed by atoms with Crippen LogP contribution in [0.4, 0.5) is 8.78 Å². The molecule has 26 heavy (non-hydrogen) atoms. The summed E-state index contributed by atoms with van der Waals surface area (Å²) in [5, 5.41) is 10.0. The van der Waals surface area contributed by atoms with Gasteiger partial charge in [-0.05, 0) is 36.6 Å². The molecule has 1 N–H and O–H groups in total. The second-order valence-electron chi connectivity index (χ2n) is 7.51. The van der Waals surface area contributed by atoms with E-state index in [9.17, 15) is 13.9 Å². The highest BCUT2D eigenvalue weighted by atomic mass is 19.1. The van der Waals surface area contributed by atoms with Crippen LogP contribution in [-0.4, -0.2) is 52.7 Å². The van der Waals surface area contributed by atoms with Gasteiger partial charge in [0.05, 0.1) is 6.10 Å². The van der Waals surface area contributed by atoms with Crippen LogP contribution >= 0.6 is 0 Å². The fraction of sp³-hybridized carbons (Fsp3) is 0.429. The van der Waals surface area contributed by atoms with Gasteiger partial charge < -0.3 is 5.11 Å². The Bertz CT molecular complexity index is 755. The Morgan fingerprint density at radius 1 is 1.00 bits per heavy atom. The van der Waals surface area contributed by atoms with Crippen LogP contribution in [0.25, 0.3) is 0 Å². The molecule has 0 aliphatic carbocycles. The predicted molar refractivity (Wildman–Crippen MR) is 96.7 cm³/mol. The van der Waals surface area contributed by atoms with Crippen molar-refractivity contribution in [2.45, 2.75) is 37.6 Å². The quantitative estimate of drug-likeness (QED) is 0.911. The van der Waals surface area contributed by atoms with Crippen LogP contribution in [0.1, 0.15) is 17.5 Å². The molecular formula is C21H24F2N2O. The monoisotopic (exact) mass is 358 g/mol. The Kier molecular flexibility index (Phi) is 5.02. The maximum absolute atomic E-state index is 14.2. The van der Waals surface area contributed by atoms with Gasteiger partial charge in [0.15, 0.2) is 0 Å². The first-order chi connectivity index (χ1) is 12.6. The third-order valence-corrected chi connectivity index (χ3v) is 5.61. The van der Waals surface area contributed by atoms with E-state index in [4.69, 9.17) is 0 Å². The zero-order valence-electron chi connectivity index (χ0n) is 14.7. The Morgan fingerprint density at radius 3 is 2.62 bits per heavy atom. The molecule has 2 aromatic rings. The summed E-state index contributed by atoms with van der Waals surface area (Å²) in [6.07, 6.45) is 1.32. The molecule has 0 saturated carbocycles. The number of benzene rings is 2. The van der Waals surface area contributed by atoms with Crippen molar-refractivity contribution in [3.63, 3.8) is 0 Å². The summed E-state index contributed by atoms with van der Waals surface area (Å²) < 4.78 is 27.7. The van der Waals surface area contributed by atoms with E-state index in [-0.39, 0.29) is 24.0 Å². The molecule has 3 nitrogen and oxygen atoms in total. The van der Waals surface area contributed by atoms with Gasteiger partial charge >= 0.3 is 0 Å². The number of fused-ring (bicyclic) bond motifs is 1. The summed E-state index contributed by atoms with van der Waals surface area (Å²) in [6.45, 7) is 2.71. The van der Waals surface area contributed by atoms with Crippen LogP contribution < -0.4 is 0 Å². The van der Waals surface area contributed by atoms with Gasteiger partial charge in [-0.15, -0.1) is 0 Å². The Labute approximate surface area is 152 Å². The van der Waals surface area contributed by atoms with E-state index in [1.54, 1.807) is 0 Å². The predicted octanol–water partition coefficient (Wildman–Crippen LogP) is 2.83. The topological polar surface area (TPSA) is 26.7 Å². The highest BCUT2D eigenvalue weighted by molar-refractivity contribution is 5.20. The van der Waals surface area contributed by atoms with Crippen molar-refractivity contribution in [3.8, 4) is 0 Å². The van der Waals surface area contributed by atoms with E-state index in [0.29, 0.717) is 18.7 Å². The lowest BCUT2D eigenvalue weighted by Gasteiger charge is -2.43. The van der Waals surface area contributed by atoms with Crippen LogP contribution in [0, 0.1) is 11.6 Å². The minimum Gasteiger partial charge on any atom is -0.392 e. The van der Waals surface area contributed by atoms with Gasteiger partial charge in [-0.2, -0.15) is 0 Å². The molecule has 0 unspecified atom stereocenters.